The van der Waals surface area contributed by atoms with Crippen LogP contribution in [0.3, 0.4) is 0 Å². The third-order valence-electron chi connectivity index (χ3n) is 3.75. The normalized spacial score (nSPS) is 18.9. The summed E-state index contributed by atoms with van der Waals surface area (Å²) in [4.78, 5) is 7.19. The number of nitrogens with zero attached hydrogens (tertiary/aromatic N) is 2. The Hall–Kier alpha value is -1.23. The first-order valence-corrected chi connectivity index (χ1v) is 8.93. The van der Waals surface area contributed by atoms with Gasteiger partial charge in [-0.05, 0) is 57.4 Å². The van der Waals surface area contributed by atoms with Crippen molar-refractivity contribution in [2.45, 2.75) is 33.2 Å². The molecule has 0 aromatic heterocycles. The summed E-state index contributed by atoms with van der Waals surface area (Å²) in [7, 11) is 0. The Bertz CT molecular complexity index is 484. The number of benzene rings is 1. The molecule has 0 radical (unpaired) electrons. The smallest absolute Gasteiger partial charge is 0.191 e. The number of aliphatic imine (C=N–C) groups is 1. The van der Waals surface area contributed by atoms with Gasteiger partial charge in [0.05, 0.1) is 0 Å². The van der Waals surface area contributed by atoms with Crippen LogP contribution in [-0.2, 0) is 0 Å². The monoisotopic (exact) mass is 366 g/mol. The van der Waals surface area contributed by atoms with Crippen LogP contribution in [-0.4, -0.2) is 38.2 Å². The van der Waals surface area contributed by atoms with E-state index in [9.17, 15) is 0 Å². The maximum Gasteiger partial charge on any atom is 0.191 e. The highest BCUT2D eigenvalue weighted by atomic mass is 79.9. The molecule has 4 nitrogen and oxygen atoms in total. The molecular formula is C17H27BrN4. The van der Waals surface area contributed by atoms with Gasteiger partial charge in [-0.2, -0.15) is 0 Å². The van der Waals surface area contributed by atoms with Crippen molar-refractivity contribution in [3.05, 3.63) is 28.7 Å². The minimum absolute atomic E-state index is 0.403. The van der Waals surface area contributed by atoms with E-state index in [1.54, 1.807) is 0 Å². The summed E-state index contributed by atoms with van der Waals surface area (Å²) in [6.07, 6.45) is 1.21. The molecule has 5 heteroatoms. The Balaban J connectivity index is 1.88. The molecule has 22 heavy (non-hydrogen) atoms. The second kappa shape index (κ2) is 8.42. The number of hydrogen-bond donors (Lipinski definition) is 2. The Kier molecular flexibility index (Phi) is 6.55. The van der Waals surface area contributed by atoms with Crippen molar-refractivity contribution >= 4 is 27.6 Å². The van der Waals surface area contributed by atoms with Crippen LogP contribution in [0.25, 0.3) is 0 Å². The van der Waals surface area contributed by atoms with Gasteiger partial charge in [0.1, 0.15) is 0 Å². The molecular weight excluding hydrogens is 340 g/mol. The Morgan fingerprint density at radius 2 is 2.09 bits per heavy atom. The first-order chi connectivity index (χ1) is 10.6. The summed E-state index contributed by atoms with van der Waals surface area (Å²) in [5, 5.41) is 6.68. The van der Waals surface area contributed by atoms with E-state index in [0.717, 1.165) is 36.6 Å². The second-order valence-electron chi connectivity index (χ2n) is 6.10. The van der Waals surface area contributed by atoms with E-state index in [4.69, 9.17) is 4.99 Å². The van der Waals surface area contributed by atoms with Crippen molar-refractivity contribution in [3.8, 4) is 0 Å². The highest BCUT2D eigenvalue weighted by Gasteiger charge is 2.22. The van der Waals surface area contributed by atoms with Gasteiger partial charge in [0.2, 0.25) is 0 Å². The third-order valence-corrected chi connectivity index (χ3v) is 4.28. The number of rotatable bonds is 5. The van der Waals surface area contributed by atoms with Crippen LogP contribution in [0.15, 0.2) is 33.7 Å². The molecule has 0 aliphatic carbocycles. The van der Waals surface area contributed by atoms with E-state index in [1.807, 2.05) is 0 Å². The third kappa shape index (κ3) is 5.20. The van der Waals surface area contributed by atoms with Crippen LogP contribution in [0.4, 0.5) is 5.69 Å². The van der Waals surface area contributed by atoms with Crippen molar-refractivity contribution in [3.63, 3.8) is 0 Å². The lowest BCUT2D eigenvalue weighted by atomic mass is 10.1. The molecule has 0 saturated carbocycles. The fourth-order valence-electron chi connectivity index (χ4n) is 2.68. The molecule has 1 fully saturated rings. The molecule has 1 heterocycles. The molecule has 1 aromatic carbocycles. The molecule has 2 N–H and O–H groups in total. The lowest BCUT2D eigenvalue weighted by molar-refractivity contribution is 0.595. The lowest BCUT2D eigenvalue weighted by Gasteiger charge is -2.19. The van der Waals surface area contributed by atoms with Crippen molar-refractivity contribution in [2.24, 2.45) is 10.9 Å². The highest BCUT2D eigenvalue weighted by molar-refractivity contribution is 9.10. The Labute approximate surface area is 142 Å². The van der Waals surface area contributed by atoms with Gasteiger partial charge < -0.3 is 15.5 Å². The van der Waals surface area contributed by atoms with E-state index >= 15 is 0 Å². The number of hydrogen-bond acceptors (Lipinski definition) is 2. The molecule has 1 unspecified atom stereocenters. The minimum Gasteiger partial charge on any atom is -0.371 e. The van der Waals surface area contributed by atoms with Crippen molar-refractivity contribution in [1.82, 2.24) is 10.6 Å². The van der Waals surface area contributed by atoms with Gasteiger partial charge in [0, 0.05) is 42.4 Å². The van der Waals surface area contributed by atoms with Gasteiger partial charge in [-0.3, -0.25) is 4.99 Å². The molecule has 0 amide bonds. The summed E-state index contributed by atoms with van der Waals surface area (Å²) < 4.78 is 1.13. The molecule has 1 aliphatic rings. The van der Waals surface area contributed by atoms with Gasteiger partial charge in [0.15, 0.2) is 5.96 Å². The molecule has 122 valence electrons. The minimum atomic E-state index is 0.403. The highest BCUT2D eigenvalue weighted by Crippen LogP contribution is 2.25. The first-order valence-electron chi connectivity index (χ1n) is 8.14. The summed E-state index contributed by atoms with van der Waals surface area (Å²) in [6, 6.07) is 8.98. The standard InChI is InChI=1S/C17H27BrN4/c1-4-19-17(21-13(2)3)20-11-14-9-10-22(12-14)16-7-5-15(18)6-8-16/h5-8,13-14H,4,9-12H2,1-3H3,(H2,19,20,21). The van der Waals surface area contributed by atoms with E-state index in [0.29, 0.717) is 12.0 Å². The molecule has 2 rings (SSSR count). The van der Waals surface area contributed by atoms with Crippen molar-refractivity contribution < 1.29 is 0 Å². The van der Waals surface area contributed by atoms with E-state index in [2.05, 4.69) is 76.5 Å². The SMILES string of the molecule is CCNC(=NCC1CCN(c2ccc(Br)cc2)C1)NC(C)C. The number of anilines is 1. The van der Waals surface area contributed by atoms with Gasteiger partial charge in [-0.25, -0.2) is 0 Å². The van der Waals surface area contributed by atoms with Crippen LogP contribution < -0.4 is 15.5 Å². The molecule has 0 bridgehead atoms. The largest absolute Gasteiger partial charge is 0.371 e. The van der Waals surface area contributed by atoms with Gasteiger partial charge in [0.25, 0.3) is 0 Å². The number of halogens is 1. The van der Waals surface area contributed by atoms with E-state index in [-0.39, 0.29) is 0 Å². The maximum atomic E-state index is 4.74. The number of guanidine groups is 1. The lowest BCUT2D eigenvalue weighted by Crippen LogP contribution is -2.41. The topological polar surface area (TPSA) is 39.7 Å². The van der Waals surface area contributed by atoms with Crippen LogP contribution >= 0.6 is 15.9 Å². The summed E-state index contributed by atoms with van der Waals surface area (Å²) in [5.74, 6) is 1.56. The summed E-state index contributed by atoms with van der Waals surface area (Å²) in [5.41, 5.74) is 1.31. The Morgan fingerprint density at radius 3 is 2.73 bits per heavy atom. The zero-order valence-corrected chi connectivity index (χ0v) is 15.4. The predicted octanol–water partition coefficient (Wildman–Crippen LogP) is 3.24. The fraction of sp³-hybridized carbons (Fsp3) is 0.588. The number of nitrogens with one attached hydrogen (secondary N) is 2. The summed E-state index contributed by atoms with van der Waals surface area (Å²) >= 11 is 3.49. The first kappa shape index (κ1) is 17.1. The zero-order valence-electron chi connectivity index (χ0n) is 13.8. The van der Waals surface area contributed by atoms with Crippen LogP contribution in [0.2, 0.25) is 0 Å². The molecule has 1 aliphatic heterocycles. The quantitative estimate of drug-likeness (QED) is 0.620. The molecule has 0 spiro atoms. The second-order valence-corrected chi connectivity index (χ2v) is 7.01. The van der Waals surface area contributed by atoms with Crippen LogP contribution in [0, 0.1) is 5.92 Å². The van der Waals surface area contributed by atoms with Crippen molar-refractivity contribution in [2.75, 3.05) is 31.1 Å². The average Bonchev–Trinajstić information content (AvgIpc) is 2.94. The average molecular weight is 367 g/mol. The summed E-state index contributed by atoms with van der Waals surface area (Å²) in [6.45, 7) is 10.4. The van der Waals surface area contributed by atoms with Gasteiger partial charge in [-0.1, -0.05) is 15.9 Å². The van der Waals surface area contributed by atoms with Crippen LogP contribution in [0.5, 0.6) is 0 Å². The molecule has 1 aromatic rings. The van der Waals surface area contributed by atoms with Gasteiger partial charge >= 0.3 is 0 Å². The van der Waals surface area contributed by atoms with Crippen LogP contribution in [0.1, 0.15) is 27.2 Å². The fourth-order valence-corrected chi connectivity index (χ4v) is 2.95. The zero-order chi connectivity index (χ0) is 15.9. The van der Waals surface area contributed by atoms with E-state index in [1.165, 1.54) is 12.1 Å². The Morgan fingerprint density at radius 1 is 1.36 bits per heavy atom. The molecule has 1 atom stereocenters. The van der Waals surface area contributed by atoms with Gasteiger partial charge in [-0.15, -0.1) is 0 Å². The molecule has 1 saturated heterocycles. The maximum absolute atomic E-state index is 4.74. The van der Waals surface area contributed by atoms with Crippen molar-refractivity contribution in [1.29, 1.82) is 0 Å². The predicted molar refractivity (Wildman–Crippen MR) is 98.7 cm³/mol. The van der Waals surface area contributed by atoms with E-state index < -0.39 is 0 Å².